The summed E-state index contributed by atoms with van der Waals surface area (Å²) in [5.41, 5.74) is 4.64. The fourth-order valence-corrected chi connectivity index (χ4v) is 3.93. The van der Waals surface area contributed by atoms with E-state index in [0.717, 1.165) is 37.1 Å². The van der Waals surface area contributed by atoms with Crippen LogP contribution in [0.15, 0.2) is 42.6 Å². The molecule has 130 valence electrons. The number of hydrogen-bond acceptors (Lipinski definition) is 3. The van der Waals surface area contributed by atoms with Crippen LogP contribution < -0.4 is 0 Å². The van der Waals surface area contributed by atoms with E-state index in [1.54, 1.807) is 0 Å². The van der Waals surface area contributed by atoms with Crippen molar-refractivity contribution in [3.8, 4) is 5.75 Å². The van der Waals surface area contributed by atoms with Gasteiger partial charge in [0.1, 0.15) is 5.75 Å². The fraction of sp³-hybridized carbons (Fsp3) is 0.381. The fourth-order valence-electron chi connectivity index (χ4n) is 3.93. The number of rotatable bonds is 4. The predicted molar refractivity (Wildman–Crippen MR) is 101 cm³/mol. The van der Waals surface area contributed by atoms with Crippen molar-refractivity contribution in [3.05, 3.63) is 59.3 Å². The second kappa shape index (κ2) is 6.89. The van der Waals surface area contributed by atoms with Crippen molar-refractivity contribution in [3.63, 3.8) is 0 Å². The number of hydrogen-bond donors (Lipinski definition) is 2. The Bertz CT molecular complexity index is 870. The molecular formula is C21H25N3O. The Morgan fingerprint density at radius 1 is 1.20 bits per heavy atom. The number of phenols is 1. The predicted octanol–water partition coefficient (Wildman–Crippen LogP) is 4.03. The highest BCUT2D eigenvalue weighted by molar-refractivity contribution is 5.78. The largest absolute Gasteiger partial charge is 0.508 e. The number of phenolic OH excluding ortho intramolecular Hbond substituents is 1. The molecule has 0 amide bonds. The number of nitrogens with one attached hydrogen (secondary N) is 1. The first kappa shape index (κ1) is 16.2. The average molecular weight is 335 g/mol. The molecule has 3 aromatic rings. The van der Waals surface area contributed by atoms with Crippen LogP contribution in [0.3, 0.4) is 0 Å². The minimum absolute atomic E-state index is 0.402. The van der Waals surface area contributed by atoms with Crippen LogP contribution in [0.2, 0.25) is 0 Å². The van der Waals surface area contributed by atoms with Gasteiger partial charge < -0.3 is 5.11 Å². The molecule has 25 heavy (non-hydrogen) atoms. The van der Waals surface area contributed by atoms with Crippen molar-refractivity contribution in [2.24, 2.45) is 5.92 Å². The van der Waals surface area contributed by atoms with Crippen LogP contribution in [0.25, 0.3) is 10.9 Å². The summed E-state index contributed by atoms with van der Waals surface area (Å²) in [5.74, 6) is 1.09. The van der Waals surface area contributed by atoms with Crippen molar-refractivity contribution < 1.29 is 5.11 Å². The number of aromatic hydroxyl groups is 1. The van der Waals surface area contributed by atoms with Gasteiger partial charge in [-0.3, -0.25) is 10.00 Å². The molecule has 0 unspecified atom stereocenters. The van der Waals surface area contributed by atoms with Crippen molar-refractivity contribution >= 4 is 10.9 Å². The summed E-state index contributed by atoms with van der Waals surface area (Å²) in [6.45, 7) is 5.13. The quantitative estimate of drug-likeness (QED) is 0.757. The first-order valence-electron chi connectivity index (χ1n) is 9.10. The molecule has 1 fully saturated rings. The summed E-state index contributed by atoms with van der Waals surface area (Å²) in [4.78, 5) is 2.52. The molecule has 0 radical (unpaired) electrons. The summed E-state index contributed by atoms with van der Waals surface area (Å²) in [5, 5.41) is 18.2. The van der Waals surface area contributed by atoms with Crippen molar-refractivity contribution in [1.29, 1.82) is 0 Å². The zero-order chi connectivity index (χ0) is 17.2. The number of benzene rings is 2. The van der Waals surface area contributed by atoms with Gasteiger partial charge in [-0.1, -0.05) is 18.2 Å². The molecule has 1 aliphatic heterocycles. The summed E-state index contributed by atoms with van der Waals surface area (Å²) in [7, 11) is 0. The number of aryl methyl sites for hydroxylation is 1. The van der Waals surface area contributed by atoms with Gasteiger partial charge in [0.05, 0.1) is 11.7 Å². The minimum atomic E-state index is 0.402. The van der Waals surface area contributed by atoms with E-state index in [0.29, 0.717) is 11.7 Å². The van der Waals surface area contributed by atoms with Crippen molar-refractivity contribution in [2.45, 2.75) is 32.7 Å². The molecule has 4 rings (SSSR count). The third-order valence-electron chi connectivity index (χ3n) is 5.31. The molecular weight excluding hydrogens is 310 g/mol. The summed E-state index contributed by atoms with van der Waals surface area (Å²) in [6, 6.07) is 12.7. The van der Waals surface area contributed by atoms with Crippen LogP contribution in [0.4, 0.5) is 0 Å². The Hall–Kier alpha value is -2.33. The highest BCUT2D eigenvalue weighted by atomic mass is 16.3. The van der Waals surface area contributed by atoms with Gasteiger partial charge in [0.15, 0.2) is 0 Å². The lowest BCUT2D eigenvalue weighted by Gasteiger charge is -2.33. The monoisotopic (exact) mass is 335 g/mol. The summed E-state index contributed by atoms with van der Waals surface area (Å²) >= 11 is 0. The number of H-pyrrole nitrogens is 1. The molecule has 0 aliphatic carbocycles. The lowest BCUT2D eigenvalue weighted by atomic mass is 9.90. The third kappa shape index (κ3) is 3.69. The number of aromatic amines is 1. The van der Waals surface area contributed by atoms with Gasteiger partial charge in [0, 0.05) is 18.5 Å². The maximum atomic E-state index is 9.92. The number of aromatic nitrogens is 2. The number of nitrogens with zero attached hydrogens (tertiary/aromatic N) is 2. The van der Waals surface area contributed by atoms with Crippen LogP contribution in [0, 0.1) is 12.8 Å². The second-order valence-electron chi connectivity index (χ2n) is 7.36. The average Bonchev–Trinajstić information content (AvgIpc) is 3.06. The van der Waals surface area contributed by atoms with E-state index in [1.807, 2.05) is 25.3 Å². The number of piperidine rings is 1. The van der Waals surface area contributed by atoms with Crippen LogP contribution in [-0.2, 0) is 13.0 Å². The molecule has 4 heteroatoms. The van der Waals surface area contributed by atoms with Crippen LogP contribution in [-0.4, -0.2) is 33.3 Å². The second-order valence-corrected chi connectivity index (χ2v) is 7.36. The lowest BCUT2D eigenvalue weighted by molar-refractivity contribution is 0.167. The molecule has 2 N–H and O–H groups in total. The number of fused-ring (bicyclic) bond motifs is 1. The third-order valence-corrected chi connectivity index (χ3v) is 5.31. The summed E-state index contributed by atoms with van der Waals surface area (Å²) < 4.78 is 0. The highest BCUT2D eigenvalue weighted by Crippen LogP contribution is 2.25. The topological polar surface area (TPSA) is 52.2 Å². The first-order chi connectivity index (χ1) is 12.2. The Balaban J connectivity index is 1.40. The standard InChI is InChI=1S/C21H25N3O/c1-15-4-5-18(11-21(15)25)14-24-8-2-3-17(13-24)9-16-6-7-20-19(10-16)12-22-23-20/h4-7,10-12,17,25H,2-3,8-9,13-14H2,1H3,(H,22,23)/t17-/m0/s1. The van der Waals surface area contributed by atoms with E-state index in [4.69, 9.17) is 0 Å². The molecule has 0 bridgehead atoms. The first-order valence-corrected chi connectivity index (χ1v) is 9.10. The van der Waals surface area contributed by atoms with Crippen LogP contribution >= 0.6 is 0 Å². The van der Waals surface area contributed by atoms with E-state index in [9.17, 15) is 5.11 Å². The van der Waals surface area contributed by atoms with Crippen LogP contribution in [0.5, 0.6) is 5.75 Å². The Morgan fingerprint density at radius 2 is 2.08 bits per heavy atom. The van der Waals surface area contributed by atoms with Gasteiger partial charge in [-0.05, 0) is 73.5 Å². The lowest BCUT2D eigenvalue weighted by Crippen LogP contribution is -2.35. The molecule has 2 aromatic carbocycles. The molecule has 1 saturated heterocycles. The normalized spacial score (nSPS) is 18.7. The van der Waals surface area contributed by atoms with Gasteiger partial charge in [0.25, 0.3) is 0 Å². The minimum Gasteiger partial charge on any atom is -0.508 e. The van der Waals surface area contributed by atoms with E-state index >= 15 is 0 Å². The van der Waals surface area contributed by atoms with E-state index in [2.05, 4.69) is 39.4 Å². The zero-order valence-corrected chi connectivity index (χ0v) is 14.7. The molecule has 0 saturated carbocycles. The van der Waals surface area contributed by atoms with Crippen molar-refractivity contribution in [2.75, 3.05) is 13.1 Å². The molecule has 4 nitrogen and oxygen atoms in total. The van der Waals surface area contributed by atoms with Crippen LogP contribution in [0.1, 0.15) is 29.5 Å². The molecule has 0 spiro atoms. The SMILES string of the molecule is Cc1ccc(CN2CCC[C@@H](Cc3ccc4[nH]ncc4c3)C2)cc1O. The van der Waals surface area contributed by atoms with Gasteiger partial charge in [-0.15, -0.1) is 0 Å². The van der Waals surface area contributed by atoms with E-state index in [1.165, 1.54) is 29.4 Å². The summed E-state index contributed by atoms with van der Waals surface area (Å²) in [6.07, 6.45) is 5.56. The number of likely N-dealkylation sites (tertiary alicyclic amines) is 1. The maximum absolute atomic E-state index is 9.92. The molecule has 1 aromatic heterocycles. The van der Waals surface area contributed by atoms with E-state index in [-0.39, 0.29) is 0 Å². The van der Waals surface area contributed by atoms with Crippen molar-refractivity contribution in [1.82, 2.24) is 15.1 Å². The van der Waals surface area contributed by atoms with E-state index < -0.39 is 0 Å². The highest BCUT2D eigenvalue weighted by Gasteiger charge is 2.20. The maximum Gasteiger partial charge on any atom is 0.118 e. The molecule has 2 heterocycles. The zero-order valence-electron chi connectivity index (χ0n) is 14.7. The smallest absolute Gasteiger partial charge is 0.118 e. The molecule has 1 atom stereocenters. The Labute approximate surface area is 148 Å². The Kier molecular flexibility index (Phi) is 4.45. The van der Waals surface area contributed by atoms with Gasteiger partial charge in [0.2, 0.25) is 0 Å². The Morgan fingerprint density at radius 3 is 2.96 bits per heavy atom. The van der Waals surface area contributed by atoms with Gasteiger partial charge in [-0.2, -0.15) is 5.10 Å². The molecule has 1 aliphatic rings. The van der Waals surface area contributed by atoms with Gasteiger partial charge in [-0.25, -0.2) is 0 Å². The van der Waals surface area contributed by atoms with Gasteiger partial charge >= 0.3 is 0 Å².